The maximum atomic E-state index is 12.4. The van der Waals surface area contributed by atoms with Crippen molar-refractivity contribution in [2.24, 2.45) is 5.92 Å². The molecular weight excluding hydrogens is 322 g/mol. The lowest BCUT2D eigenvalue weighted by Crippen LogP contribution is -2.39. The van der Waals surface area contributed by atoms with Gasteiger partial charge in [0.2, 0.25) is 5.91 Å². The lowest BCUT2D eigenvalue weighted by molar-refractivity contribution is -0.122. The Morgan fingerprint density at radius 3 is 2.96 bits per heavy atom. The SMILES string of the molecule is CC(C)CC(=O)NC1CCc2onc(C(=O)NCc3ccco3)c2C1. The zero-order valence-electron chi connectivity index (χ0n) is 14.5. The lowest BCUT2D eigenvalue weighted by atomic mass is 9.91. The van der Waals surface area contributed by atoms with E-state index in [0.29, 0.717) is 43.2 Å². The Morgan fingerprint density at radius 1 is 1.40 bits per heavy atom. The van der Waals surface area contributed by atoms with Crippen LogP contribution in [0.3, 0.4) is 0 Å². The highest BCUT2D eigenvalue weighted by Crippen LogP contribution is 2.25. The molecule has 0 saturated heterocycles. The topological polar surface area (TPSA) is 97.4 Å². The first kappa shape index (κ1) is 17.3. The molecule has 7 heteroatoms. The van der Waals surface area contributed by atoms with Crippen molar-refractivity contribution in [3.8, 4) is 0 Å². The molecule has 0 fully saturated rings. The largest absolute Gasteiger partial charge is 0.467 e. The number of aromatic nitrogens is 1. The normalized spacial score (nSPS) is 16.5. The molecule has 0 aliphatic heterocycles. The highest BCUT2D eigenvalue weighted by Gasteiger charge is 2.29. The van der Waals surface area contributed by atoms with Crippen molar-refractivity contribution in [2.75, 3.05) is 0 Å². The van der Waals surface area contributed by atoms with E-state index in [2.05, 4.69) is 15.8 Å². The van der Waals surface area contributed by atoms with Gasteiger partial charge in [-0.1, -0.05) is 19.0 Å². The molecule has 7 nitrogen and oxygen atoms in total. The van der Waals surface area contributed by atoms with Gasteiger partial charge in [0.15, 0.2) is 5.69 Å². The minimum Gasteiger partial charge on any atom is -0.467 e. The third-order valence-corrected chi connectivity index (χ3v) is 4.22. The van der Waals surface area contributed by atoms with Crippen molar-refractivity contribution >= 4 is 11.8 Å². The Bertz CT molecular complexity index is 734. The number of aryl methyl sites for hydroxylation is 1. The van der Waals surface area contributed by atoms with Crippen LogP contribution in [0.5, 0.6) is 0 Å². The van der Waals surface area contributed by atoms with E-state index in [4.69, 9.17) is 8.94 Å². The maximum Gasteiger partial charge on any atom is 0.274 e. The summed E-state index contributed by atoms with van der Waals surface area (Å²) in [5.74, 6) is 1.47. The number of rotatable bonds is 6. The number of hydrogen-bond donors (Lipinski definition) is 2. The Kier molecular flexibility index (Phi) is 5.21. The standard InChI is InChI=1S/C18H23N3O4/c1-11(2)8-16(22)20-12-5-6-15-14(9-12)17(21-25-15)18(23)19-10-13-4-3-7-24-13/h3-4,7,11-12H,5-6,8-10H2,1-2H3,(H,19,23)(H,20,22). The molecule has 134 valence electrons. The highest BCUT2D eigenvalue weighted by molar-refractivity contribution is 5.93. The molecule has 2 N–H and O–H groups in total. The predicted molar refractivity (Wildman–Crippen MR) is 89.8 cm³/mol. The summed E-state index contributed by atoms with van der Waals surface area (Å²) < 4.78 is 10.5. The molecule has 0 aromatic carbocycles. The monoisotopic (exact) mass is 345 g/mol. The van der Waals surface area contributed by atoms with Crippen LogP contribution in [0, 0.1) is 5.92 Å². The molecule has 1 unspecified atom stereocenters. The van der Waals surface area contributed by atoms with E-state index in [1.54, 1.807) is 18.4 Å². The summed E-state index contributed by atoms with van der Waals surface area (Å²) in [7, 11) is 0. The second kappa shape index (κ2) is 7.55. The van der Waals surface area contributed by atoms with Crippen molar-refractivity contribution in [3.63, 3.8) is 0 Å². The number of fused-ring (bicyclic) bond motifs is 1. The molecule has 1 aliphatic carbocycles. The van der Waals surface area contributed by atoms with E-state index in [1.165, 1.54) is 0 Å². The third kappa shape index (κ3) is 4.29. The zero-order chi connectivity index (χ0) is 17.8. The van der Waals surface area contributed by atoms with Gasteiger partial charge in [-0.05, 0) is 30.9 Å². The smallest absolute Gasteiger partial charge is 0.274 e. The lowest BCUT2D eigenvalue weighted by Gasteiger charge is -2.23. The third-order valence-electron chi connectivity index (χ3n) is 4.22. The van der Waals surface area contributed by atoms with Crippen LogP contribution in [0.2, 0.25) is 0 Å². The summed E-state index contributed by atoms with van der Waals surface area (Å²) >= 11 is 0. The molecule has 2 aromatic rings. The van der Waals surface area contributed by atoms with Gasteiger partial charge in [-0.2, -0.15) is 0 Å². The fourth-order valence-corrected chi connectivity index (χ4v) is 3.03. The van der Waals surface area contributed by atoms with Crippen LogP contribution < -0.4 is 10.6 Å². The first-order valence-corrected chi connectivity index (χ1v) is 8.60. The Balaban J connectivity index is 1.62. The number of nitrogens with zero attached hydrogens (tertiary/aromatic N) is 1. The Labute approximate surface area is 146 Å². The second-order valence-electron chi connectivity index (χ2n) is 6.80. The van der Waals surface area contributed by atoms with E-state index in [1.807, 2.05) is 13.8 Å². The van der Waals surface area contributed by atoms with Crippen molar-refractivity contribution in [1.82, 2.24) is 15.8 Å². The zero-order valence-corrected chi connectivity index (χ0v) is 14.5. The summed E-state index contributed by atoms with van der Waals surface area (Å²) in [4.78, 5) is 24.4. The van der Waals surface area contributed by atoms with E-state index in [0.717, 1.165) is 17.7 Å². The fraction of sp³-hybridized carbons (Fsp3) is 0.500. The number of furan rings is 1. The molecule has 0 saturated carbocycles. The van der Waals surface area contributed by atoms with Crippen LogP contribution in [0.4, 0.5) is 0 Å². The predicted octanol–water partition coefficient (Wildman–Crippen LogP) is 2.22. The van der Waals surface area contributed by atoms with E-state index in [9.17, 15) is 9.59 Å². The molecule has 1 atom stereocenters. The summed E-state index contributed by atoms with van der Waals surface area (Å²) in [6.07, 6.45) is 4.08. The fourth-order valence-electron chi connectivity index (χ4n) is 3.03. The van der Waals surface area contributed by atoms with Gasteiger partial charge in [0.1, 0.15) is 11.5 Å². The molecule has 25 heavy (non-hydrogen) atoms. The van der Waals surface area contributed by atoms with Crippen LogP contribution >= 0.6 is 0 Å². The molecule has 3 rings (SSSR count). The van der Waals surface area contributed by atoms with E-state index in [-0.39, 0.29) is 17.9 Å². The van der Waals surface area contributed by atoms with E-state index < -0.39 is 0 Å². The number of amides is 2. The summed E-state index contributed by atoms with van der Waals surface area (Å²) in [5, 5.41) is 9.75. The molecule has 1 aliphatic rings. The summed E-state index contributed by atoms with van der Waals surface area (Å²) in [6.45, 7) is 4.32. The average molecular weight is 345 g/mol. The van der Waals surface area contributed by atoms with Crippen LogP contribution in [0.15, 0.2) is 27.3 Å². The average Bonchev–Trinajstić information content (AvgIpc) is 3.21. The van der Waals surface area contributed by atoms with Crippen LogP contribution in [-0.4, -0.2) is 23.0 Å². The first-order chi connectivity index (χ1) is 12.0. The Morgan fingerprint density at radius 2 is 2.24 bits per heavy atom. The number of nitrogens with one attached hydrogen (secondary N) is 2. The van der Waals surface area contributed by atoms with Crippen LogP contribution in [0.25, 0.3) is 0 Å². The van der Waals surface area contributed by atoms with Gasteiger partial charge in [-0.25, -0.2) is 0 Å². The van der Waals surface area contributed by atoms with Crippen molar-refractivity contribution in [1.29, 1.82) is 0 Å². The van der Waals surface area contributed by atoms with Gasteiger partial charge in [0.25, 0.3) is 5.91 Å². The highest BCUT2D eigenvalue weighted by atomic mass is 16.5. The summed E-state index contributed by atoms with van der Waals surface area (Å²) in [6, 6.07) is 3.57. The molecule has 0 radical (unpaired) electrons. The van der Waals surface area contributed by atoms with Gasteiger partial charge in [-0.15, -0.1) is 0 Å². The summed E-state index contributed by atoms with van der Waals surface area (Å²) in [5.41, 5.74) is 1.09. The van der Waals surface area contributed by atoms with Crippen LogP contribution in [0.1, 0.15) is 54.3 Å². The molecular formula is C18H23N3O4. The minimum absolute atomic E-state index is 0.00905. The van der Waals surface area contributed by atoms with Gasteiger partial charge in [0, 0.05) is 24.4 Å². The van der Waals surface area contributed by atoms with Crippen molar-refractivity contribution < 1.29 is 18.5 Å². The van der Waals surface area contributed by atoms with Crippen LogP contribution in [-0.2, 0) is 24.2 Å². The van der Waals surface area contributed by atoms with Gasteiger partial charge < -0.3 is 19.6 Å². The number of hydrogen-bond acceptors (Lipinski definition) is 5. The quantitative estimate of drug-likeness (QED) is 0.836. The molecule has 0 spiro atoms. The van der Waals surface area contributed by atoms with Crippen molar-refractivity contribution in [2.45, 2.75) is 52.1 Å². The maximum absolute atomic E-state index is 12.4. The molecule has 2 amide bonds. The number of carbonyl (C=O) groups excluding carboxylic acids is 2. The number of carbonyl (C=O) groups is 2. The van der Waals surface area contributed by atoms with Gasteiger partial charge in [-0.3, -0.25) is 9.59 Å². The molecule has 2 heterocycles. The minimum atomic E-state index is -0.296. The molecule has 2 aromatic heterocycles. The molecule has 0 bridgehead atoms. The van der Waals surface area contributed by atoms with Gasteiger partial charge in [0.05, 0.1) is 12.8 Å². The van der Waals surface area contributed by atoms with Gasteiger partial charge >= 0.3 is 0 Å². The van der Waals surface area contributed by atoms with Crippen molar-refractivity contribution in [3.05, 3.63) is 41.2 Å². The van der Waals surface area contributed by atoms with E-state index >= 15 is 0 Å². The first-order valence-electron chi connectivity index (χ1n) is 8.60. The second-order valence-corrected chi connectivity index (χ2v) is 6.80. The Hall–Kier alpha value is -2.57.